The molecule has 1 saturated heterocycles. The highest BCUT2D eigenvalue weighted by Gasteiger charge is 2.31. The number of nitrogens with zero attached hydrogens (tertiary/aromatic N) is 4. The van der Waals surface area contributed by atoms with Crippen LogP contribution in [-0.4, -0.2) is 63.7 Å². The molecule has 0 aromatic carbocycles. The second kappa shape index (κ2) is 7.27. The van der Waals surface area contributed by atoms with E-state index in [0.29, 0.717) is 12.8 Å². The van der Waals surface area contributed by atoms with Gasteiger partial charge in [-0.1, -0.05) is 25.6 Å². The third-order valence-electron chi connectivity index (χ3n) is 5.09. The van der Waals surface area contributed by atoms with E-state index in [-0.39, 0.29) is 17.5 Å². The molecule has 7 heteroatoms. The molecule has 1 amide bonds. The summed E-state index contributed by atoms with van der Waals surface area (Å²) in [6.45, 7) is 10.5. The molecule has 6 nitrogen and oxygen atoms in total. The summed E-state index contributed by atoms with van der Waals surface area (Å²) in [7, 11) is 0. The van der Waals surface area contributed by atoms with Crippen LogP contribution in [-0.2, 0) is 11.2 Å². The minimum Gasteiger partial charge on any atom is -0.340 e. The third kappa shape index (κ3) is 3.24. The van der Waals surface area contributed by atoms with Crippen LogP contribution in [0.2, 0.25) is 0 Å². The Morgan fingerprint density at radius 3 is 2.58 bits per heavy atom. The largest absolute Gasteiger partial charge is 0.340 e. The van der Waals surface area contributed by atoms with Gasteiger partial charge in [0.1, 0.15) is 0 Å². The number of hydrogen-bond donors (Lipinski definition) is 0. The van der Waals surface area contributed by atoms with E-state index in [1.807, 2.05) is 18.7 Å². The summed E-state index contributed by atoms with van der Waals surface area (Å²) in [4.78, 5) is 34.3. The van der Waals surface area contributed by atoms with Crippen LogP contribution in [0.15, 0.2) is 9.95 Å². The zero-order valence-corrected chi connectivity index (χ0v) is 15.6. The molecule has 2 aliphatic heterocycles. The number of fused-ring (bicyclic) bond motifs is 1. The number of carbonyl (C=O) groups excluding carboxylic acids is 1. The Hall–Kier alpha value is -1.34. The van der Waals surface area contributed by atoms with Crippen LogP contribution in [0, 0.1) is 6.92 Å². The molecule has 0 bridgehead atoms. The second-order valence-corrected chi connectivity index (χ2v) is 7.46. The lowest BCUT2D eigenvalue weighted by Crippen LogP contribution is -2.49. The first kappa shape index (κ1) is 17.5. The van der Waals surface area contributed by atoms with E-state index in [4.69, 9.17) is 0 Å². The van der Waals surface area contributed by atoms with Crippen molar-refractivity contribution >= 4 is 17.7 Å². The maximum absolute atomic E-state index is 12.7. The van der Waals surface area contributed by atoms with E-state index >= 15 is 0 Å². The number of amides is 1. The van der Waals surface area contributed by atoms with Gasteiger partial charge in [0.05, 0.1) is 6.04 Å². The van der Waals surface area contributed by atoms with Gasteiger partial charge in [0.2, 0.25) is 5.91 Å². The summed E-state index contributed by atoms with van der Waals surface area (Å²) < 4.78 is 1.76. The molecule has 3 rings (SSSR count). The number of carbonyl (C=O) groups is 1. The molecule has 24 heavy (non-hydrogen) atoms. The van der Waals surface area contributed by atoms with E-state index < -0.39 is 0 Å². The molecule has 3 heterocycles. The summed E-state index contributed by atoms with van der Waals surface area (Å²) in [5, 5.41) is 0.767. The summed E-state index contributed by atoms with van der Waals surface area (Å²) in [5.41, 5.74) is 1.64. The van der Waals surface area contributed by atoms with Gasteiger partial charge in [0.15, 0.2) is 5.16 Å². The Kier molecular flexibility index (Phi) is 5.30. The van der Waals surface area contributed by atoms with Crippen molar-refractivity contribution in [1.82, 2.24) is 19.4 Å². The molecule has 0 saturated carbocycles. The highest BCUT2D eigenvalue weighted by Crippen LogP contribution is 2.33. The molecule has 0 radical (unpaired) electrons. The molecule has 0 spiro atoms. The molecule has 0 aliphatic carbocycles. The Morgan fingerprint density at radius 2 is 1.96 bits per heavy atom. The van der Waals surface area contributed by atoms with Gasteiger partial charge in [-0.15, -0.1) is 0 Å². The van der Waals surface area contributed by atoms with E-state index in [0.717, 1.165) is 54.9 Å². The summed E-state index contributed by atoms with van der Waals surface area (Å²) in [6, 6.07) is -0.0624. The highest BCUT2D eigenvalue weighted by molar-refractivity contribution is 7.99. The van der Waals surface area contributed by atoms with Crippen LogP contribution >= 0.6 is 11.8 Å². The van der Waals surface area contributed by atoms with Crippen molar-refractivity contribution in [2.24, 2.45) is 0 Å². The van der Waals surface area contributed by atoms with Crippen molar-refractivity contribution in [2.45, 2.75) is 44.8 Å². The van der Waals surface area contributed by atoms with Crippen molar-refractivity contribution < 1.29 is 4.79 Å². The lowest BCUT2D eigenvalue weighted by molar-refractivity contribution is -0.133. The van der Waals surface area contributed by atoms with Crippen LogP contribution in [0.3, 0.4) is 0 Å². The first-order valence-electron chi connectivity index (χ1n) is 8.80. The van der Waals surface area contributed by atoms with Gasteiger partial charge in [-0.05, 0) is 19.9 Å². The van der Waals surface area contributed by atoms with Crippen molar-refractivity contribution in [2.75, 3.05) is 38.5 Å². The smallest absolute Gasteiger partial charge is 0.257 e. The normalized spacial score (nSPS) is 21.1. The summed E-state index contributed by atoms with van der Waals surface area (Å²) >= 11 is 1.59. The van der Waals surface area contributed by atoms with Crippen LogP contribution < -0.4 is 5.56 Å². The number of likely N-dealkylation sites (N-methyl/N-ethyl adjacent to an activating group) is 1. The van der Waals surface area contributed by atoms with Crippen LogP contribution in [0.4, 0.5) is 0 Å². The number of piperazine rings is 1. The van der Waals surface area contributed by atoms with Gasteiger partial charge >= 0.3 is 0 Å². The molecule has 0 N–H and O–H groups in total. The summed E-state index contributed by atoms with van der Waals surface area (Å²) in [6.07, 6.45) is 1.09. The molecule has 1 aromatic rings. The average molecular weight is 350 g/mol. The highest BCUT2D eigenvalue weighted by atomic mass is 32.2. The van der Waals surface area contributed by atoms with Gasteiger partial charge in [0.25, 0.3) is 5.56 Å². The number of thioether (sulfide) groups is 1. The van der Waals surface area contributed by atoms with Crippen LogP contribution in [0.25, 0.3) is 0 Å². The first-order valence-corrected chi connectivity index (χ1v) is 9.78. The predicted octanol–water partition coefficient (Wildman–Crippen LogP) is 1.32. The van der Waals surface area contributed by atoms with Gasteiger partial charge in [-0.25, -0.2) is 4.98 Å². The number of hydrogen-bond acceptors (Lipinski definition) is 5. The van der Waals surface area contributed by atoms with Crippen molar-refractivity contribution in [3.63, 3.8) is 0 Å². The maximum Gasteiger partial charge on any atom is 0.257 e. The van der Waals surface area contributed by atoms with E-state index in [2.05, 4.69) is 16.8 Å². The van der Waals surface area contributed by atoms with Gasteiger partial charge in [0, 0.05) is 49.6 Å². The zero-order chi connectivity index (χ0) is 17.3. The van der Waals surface area contributed by atoms with Gasteiger partial charge in [-0.3, -0.25) is 14.2 Å². The molecular formula is C17H26N4O2S. The van der Waals surface area contributed by atoms with E-state index in [9.17, 15) is 9.59 Å². The SMILES string of the molecule is CCc1c(C)nc2n(c1=O)[C@@H](CC(=O)N1CCN(CC)CC1)CS2. The molecule has 2 aliphatic rings. The van der Waals surface area contributed by atoms with Crippen LogP contribution in [0.5, 0.6) is 0 Å². The zero-order valence-electron chi connectivity index (χ0n) is 14.7. The molecule has 1 fully saturated rings. The fraction of sp³-hybridized carbons (Fsp3) is 0.706. The lowest BCUT2D eigenvalue weighted by atomic mass is 10.1. The van der Waals surface area contributed by atoms with E-state index in [1.165, 1.54) is 0 Å². The van der Waals surface area contributed by atoms with Crippen molar-refractivity contribution in [3.05, 3.63) is 21.6 Å². The fourth-order valence-corrected chi connectivity index (χ4v) is 4.70. The monoisotopic (exact) mass is 350 g/mol. The third-order valence-corrected chi connectivity index (χ3v) is 6.19. The fourth-order valence-electron chi connectivity index (χ4n) is 3.52. The first-order chi connectivity index (χ1) is 11.5. The Balaban J connectivity index is 1.73. The average Bonchev–Trinajstić information content (AvgIpc) is 2.98. The predicted molar refractivity (Wildman–Crippen MR) is 95.7 cm³/mol. The standard InChI is InChI=1S/C17H26N4O2S/c1-4-14-12(3)18-17-21(16(14)23)13(11-24-17)10-15(22)20-8-6-19(5-2)7-9-20/h13H,4-11H2,1-3H3/t13-/m0/s1. The number of aromatic nitrogens is 2. The van der Waals surface area contributed by atoms with Gasteiger partial charge in [-0.2, -0.15) is 0 Å². The van der Waals surface area contributed by atoms with Gasteiger partial charge < -0.3 is 9.80 Å². The van der Waals surface area contributed by atoms with Crippen LogP contribution in [0.1, 0.15) is 37.6 Å². The Morgan fingerprint density at radius 1 is 1.25 bits per heavy atom. The molecule has 0 unspecified atom stereocenters. The minimum atomic E-state index is -0.0624. The summed E-state index contributed by atoms with van der Waals surface area (Å²) in [5.74, 6) is 0.921. The molecular weight excluding hydrogens is 324 g/mol. The lowest BCUT2D eigenvalue weighted by Gasteiger charge is -2.34. The Bertz CT molecular complexity index is 680. The Labute approximate surface area is 147 Å². The molecule has 132 valence electrons. The molecule has 1 aromatic heterocycles. The minimum absolute atomic E-state index is 0.0404. The number of rotatable bonds is 4. The molecule has 1 atom stereocenters. The quantitative estimate of drug-likeness (QED) is 0.767. The van der Waals surface area contributed by atoms with Crippen molar-refractivity contribution in [1.29, 1.82) is 0 Å². The number of aryl methyl sites for hydroxylation is 1. The second-order valence-electron chi connectivity index (χ2n) is 6.47. The van der Waals surface area contributed by atoms with E-state index in [1.54, 1.807) is 16.3 Å². The topological polar surface area (TPSA) is 58.4 Å². The maximum atomic E-state index is 12.7. The van der Waals surface area contributed by atoms with Crippen molar-refractivity contribution in [3.8, 4) is 0 Å².